The normalized spacial score (nSPS) is 10.8. The third-order valence-corrected chi connectivity index (χ3v) is 2.53. The molecule has 0 aliphatic carbocycles. The van der Waals surface area contributed by atoms with Gasteiger partial charge in [-0.25, -0.2) is 13.5 Å². The summed E-state index contributed by atoms with van der Waals surface area (Å²) in [7, 11) is 0. The highest BCUT2D eigenvalue weighted by molar-refractivity contribution is 6.17. The van der Waals surface area contributed by atoms with Crippen LogP contribution in [0.1, 0.15) is 12.1 Å². The molecule has 0 aliphatic heterocycles. The first-order valence-corrected chi connectivity index (χ1v) is 5.67. The first-order chi connectivity index (χ1) is 8.20. The molecule has 0 N–H and O–H groups in total. The van der Waals surface area contributed by atoms with Gasteiger partial charge in [-0.05, 0) is 25.0 Å². The van der Waals surface area contributed by atoms with Crippen molar-refractivity contribution in [3.05, 3.63) is 41.7 Å². The van der Waals surface area contributed by atoms with Crippen LogP contribution < -0.4 is 0 Å². The van der Waals surface area contributed by atoms with Crippen LogP contribution in [0.3, 0.4) is 0 Å². The van der Waals surface area contributed by atoms with Gasteiger partial charge in [-0.3, -0.25) is 0 Å². The lowest BCUT2D eigenvalue weighted by Crippen LogP contribution is -1.99. The van der Waals surface area contributed by atoms with E-state index in [1.54, 1.807) is 6.20 Å². The predicted molar refractivity (Wildman–Crippen MR) is 60.3 cm³/mol. The molecule has 2 rings (SSSR count). The molecule has 17 heavy (non-hydrogen) atoms. The molecule has 0 unspecified atom stereocenters. The van der Waals surface area contributed by atoms with E-state index in [1.807, 2.05) is 0 Å². The van der Waals surface area contributed by atoms with Crippen molar-refractivity contribution in [2.45, 2.75) is 12.8 Å². The van der Waals surface area contributed by atoms with Crippen molar-refractivity contribution >= 4 is 11.6 Å². The Hall–Kier alpha value is -1.49. The van der Waals surface area contributed by atoms with Gasteiger partial charge in [0.05, 0.1) is 11.9 Å². The van der Waals surface area contributed by atoms with Crippen LogP contribution in [0.2, 0.25) is 0 Å². The zero-order valence-corrected chi connectivity index (χ0v) is 9.66. The maximum atomic E-state index is 13.4. The Labute approximate surface area is 102 Å². The zero-order valence-electron chi connectivity index (χ0n) is 8.91. The number of benzene rings is 1. The highest BCUT2D eigenvalue weighted by Gasteiger charge is 2.08. The third kappa shape index (κ3) is 2.79. The van der Waals surface area contributed by atoms with Gasteiger partial charge in [-0.1, -0.05) is 5.21 Å². The number of rotatable bonds is 4. The van der Waals surface area contributed by atoms with E-state index >= 15 is 0 Å². The molecule has 1 aromatic carbocycles. The van der Waals surface area contributed by atoms with Crippen molar-refractivity contribution in [1.29, 1.82) is 0 Å². The van der Waals surface area contributed by atoms with Crippen molar-refractivity contribution < 1.29 is 8.78 Å². The Balaban J connectivity index is 2.27. The Morgan fingerprint density at radius 1 is 1.29 bits per heavy atom. The van der Waals surface area contributed by atoms with Crippen LogP contribution in [0, 0.1) is 11.6 Å². The van der Waals surface area contributed by atoms with Gasteiger partial charge in [0.2, 0.25) is 0 Å². The van der Waals surface area contributed by atoms with E-state index in [-0.39, 0.29) is 5.69 Å². The average molecular weight is 258 g/mol. The molecule has 0 bridgehead atoms. The van der Waals surface area contributed by atoms with Gasteiger partial charge in [-0.15, -0.1) is 16.7 Å². The molecule has 0 spiro atoms. The molecule has 0 saturated carbocycles. The van der Waals surface area contributed by atoms with Gasteiger partial charge in [0.1, 0.15) is 17.3 Å². The SMILES string of the molecule is Fc1ccc(F)c(-n2cc(CCCCl)nn2)c1. The highest BCUT2D eigenvalue weighted by Crippen LogP contribution is 2.14. The lowest BCUT2D eigenvalue weighted by molar-refractivity contribution is 0.584. The number of hydrogen-bond donors (Lipinski definition) is 0. The van der Waals surface area contributed by atoms with Crippen LogP contribution >= 0.6 is 11.6 Å². The smallest absolute Gasteiger partial charge is 0.149 e. The Morgan fingerprint density at radius 3 is 2.88 bits per heavy atom. The molecule has 1 heterocycles. The summed E-state index contributed by atoms with van der Waals surface area (Å²) in [5.74, 6) is -0.527. The topological polar surface area (TPSA) is 30.7 Å². The molecule has 0 fully saturated rings. The maximum Gasteiger partial charge on any atom is 0.149 e. The number of nitrogens with zero attached hydrogens (tertiary/aromatic N) is 3. The summed E-state index contributed by atoms with van der Waals surface area (Å²) in [4.78, 5) is 0. The minimum Gasteiger partial charge on any atom is -0.217 e. The fourth-order valence-electron chi connectivity index (χ4n) is 1.44. The van der Waals surface area contributed by atoms with Crippen molar-refractivity contribution in [2.75, 3.05) is 5.88 Å². The van der Waals surface area contributed by atoms with E-state index in [0.717, 1.165) is 24.6 Å². The second kappa shape index (κ2) is 5.23. The van der Waals surface area contributed by atoms with E-state index in [9.17, 15) is 8.78 Å². The lowest BCUT2D eigenvalue weighted by atomic mass is 10.2. The molecule has 0 radical (unpaired) electrons. The first kappa shape index (κ1) is 12.0. The second-order valence-corrected chi connectivity index (χ2v) is 3.92. The number of alkyl halides is 1. The van der Waals surface area contributed by atoms with E-state index in [2.05, 4.69) is 10.3 Å². The summed E-state index contributed by atoms with van der Waals surface area (Å²) < 4.78 is 27.7. The molecular formula is C11H10ClF2N3. The molecule has 90 valence electrons. The Bertz CT molecular complexity index is 513. The lowest BCUT2D eigenvalue weighted by Gasteiger charge is -2.01. The molecule has 0 saturated heterocycles. The van der Waals surface area contributed by atoms with Crippen LogP contribution in [-0.4, -0.2) is 20.9 Å². The van der Waals surface area contributed by atoms with E-state index in [1.165, 1.54) is 4.68 Å². The summed E-state index contributed by atoms with van der Waals surface area (Å²) in [6.07, 6.45) is 3.01. The summed E-state index contributed by atoms with van der Waals surface area (Å²) in [5, 5.41) is 7.62. The summed E-state index contributed by atoms with van der Waals surface area (Å²) in [5.41, 5.74) is 0.754. The van der Waals surface area contributed by atoms with E-state index < -0.39 is 11.6 Å². The van der Waals surface area contributed by atoms with Gasteiger partial charge in [0.15, 0.2) is 0 Å². The minimum absolute atomic E-state index is 0.0506. The van der Waals surface area contributed by atoms with Gasteiger partial charge >= 0.3 is 0 Å². The van der Waals surface area contributed by atoms with Gasteiger partial charge in [0, 0.05) is 11.9 Å². The summed E-state index contributed by atoms with van der Waals surface area (Å²) in [6, 6.07) is 3.20. The molecule has 0 atom stereocenters. The number of aromatic nitrogens is 3. The monoisotopic (exact) mass is 257 g/mol. The van der Waals surface area contributed by atoms with Crippen LogP contribution in [0.4, 0.5) is 8.78 Å². The molecule has 2 aromatic rings. The largest absolute Gasteiger partial charge is 0.217 e. The van der Waals surface area contributed by atoms with Gasteiger partial charge in [0.25, 0.3) is 0 Å². The Morgan fingerprint density at radius 2 is 2.12 bits per heavy atom. The zero-order chi connectivity index (χ0) is 12.3. The van der Waals surface area contributed by atoms with E-state index in [0.29, 0.717) is 18.0 Å². The molecule has 1 aromatic heterocycles. The van der Waals surface area contributed by atoms with Crippen LogP contribution in [0.25, 0.3) is 5.69 Å². The summed E-state index contributed by atoms with van der Waals surface area (Å²) >= 11 is 5.56. The Kier molecular flexibility index (Phi) is 3.68. The van der Waals surface area contributed by atoms with Gasteiger partial charge in [-0.2, -0.15) is 0 Å². The van der Waals surface area contributed by atoms with Crippen molar-refractivity contribution in [3.63, 3.8) is 0 Å². The van der Waals surface area contributed by atoms with Crippen LogP contribution in [-0.2, 0) is 6.42 Å². The maximum absolute atomic E-state index is 13.4. The second-order valence-electron chi connectivity index (χ2n) is 3.54. The highest BCUT2D eigenvalue weighted by atomic mass is 35.5. The molecule has 0 amide bonds. The minimum atomic E-state index is -0.541. The van der Waals surface area contributed by atoms with Crippen molar-refractivity contribution in [2.24, 2.45) is 0 Å². The molecule has 3 nitrogen and oxygen atoms in total. The average Bonchev–Trinajstić information content (AvgIpc) is 2.78. The van der Waals surface area contributed by atoms with Crippen LogP contribution in [0.15, 0.2) is 24.4 Å². The fourth-order valence-corrected chi connectivity index (χ4v) is 1.57. The fraction of sp³-hybridized carbons (Fsp3) is 0.273. The van der Waals surface area contributed by atoms with Crippen LogP contribution in [0.5, 0.6) is 0 Å². The molecular weight excluding hydrogens is 248 g/mol. The number of hydrogen-bond acceptors (Lipinski definition) is 2. The van der Waals surface area contributed by atoms with Crippen molar-refractivity contribution in [1.82, 2.24) is 15.0 Å². The predicted octanol–water partition coefficient (Wildman–Crippen LogP) is 2.72. The standard InChI is InChI=1S/C11H10ClF2N3/c12-5-1-2-9-7-17(16-15-9)11-6-8(13)3-4-10(11)14/h3-4,6-7H,1-2,5H2. The molecule has 0 aliphatic rings. The quantitative estimate of drug-likeness (QED) is 0.789. The number of aryl methyl sites for hydroxylation is 1. The summed E-state index contributed by atoms with van der Waals surface area (Å²) in [6.45, 7) is 0. The molecule has 6 heteroatoms. The van der Waals surface area contributed by atoms with Gasteiger partial charge < -0.3 is 0 Å². The third-order valence-electron chi connectivity index (χ3n) is 2.26. The number of halogens is 3. The van der Waals surface area contributed by atoms with E-state index in [4.69, 9.17) is 11.6 Å². The van der Waals surface area contributed by atoms with Crippen molar-refractivity contribution in [3.8, 4) is 5.69 Å². The first-order valence-electron chi connectivity index (χ1n) is 5.13.